The second-order valence-electron chi connectivity index (χ2n) is 3.97. The van der Waals surface area contributed by atoms with E-state index >= 15 is 0 Å². The van der Waals surface area contributed by atoms with Gasteiger partial charge in [-0.2, -0.15) is 0 Å². The molecule has 0 atom stereocenters. The van der Waals surface area contributed by atoms with E-state index in [1.54, 1.807) is 4.12 Å². The summed E-state index contributed by atoms with van der Waals surface area (Å²) in [5.41, 5.74) is 1.45. The first kappa shape index (κ1) is 11.7. The van der Waals surface area contributed by atoms with Gasteiger partial charge in [0, 0.05) is 0 Å². The number of nitrogens with zero attached hydrogens (tertiary/aromatic N) is 1. The Bertz CT molecular complexity index is 279. The van der Waals surface area contributed by atoms with Gasteiger partial charge in [-0.25, -0.2) is 0 Å². The first-order valence-electron chi connectivity index (χ1n) is 5.46. The SMILES string of the molecule is C[CH2][Ga]([CH2]C)[c]1ccccc1N(C)C. The van der Waals surface area contributed by atoms with E-state index in [0.29, 0.717) is 0 Å². The molecule has 0 aliphatic heterocycles. The molecule has 0 spiro atoms. The molecule has 1 nitrogen and oxygen atoms in total. The van der Waals surface area contributed by atoms with Crippen LogP contribution in [0.2, 0.25) is 9.95 Å². The van der Waals surface area contributed by atoms with Crippen molar-refractivity contribution < 1.29 is 0 Å². The summed E-state index contributed by atoms with van der Waals surface area (Å²) in [6, 6.07) is 8.92. The van der Waals surface area contributed by atoms with E-state index in [9.17, 15) is 0 Å². The number of hydrogen-bond donors (Lipinski definition) is 0. The van der Waals surface area contributed by atoms with Crippen LogP contribution in [0.1, 0.15) is 13.8 Å². The molecule has 0 fully saturated rings. The predicted molar refractivity (Wildman–Crippen MR) is 67.1 cm³/mol. The van der Waals surface area contributed by atoms with Crippen LogP contribution in [-0.2, 0) is 0 Å². The Morgan fingerprint density at radius 1 is 1.07 bits per heavy atom. The van der Waals surface area contributed by atoms with Crippen LogP contribution >= 0.6 is 0 Å². The molecule has 14 heavy (non-hydrogen) atoms. The summed E-state index contributed by atoms with van der Waals surface area (Å²) in [6.07, 6.45) is 0. The Hall–Kier alpha value is -0.344. The van der Waals surface area contributed by atoms with Gasteiger partial charge in [-0.05, 0) is 0 Å². The summed E-state index contributed by atoms with van der Waals surface area (Å²) in [5, 5.41) is 0. The number of para-hydroxylation sites is 1. The molecule has 1 aromatic rings. The zero-order chi connectivity index (χ0) is 10.6. The molecule has 0 N–H and O–H groups in total. The standard InChI is InChI=1S/C8H10N.2C2H5.Ga/c1-9(2)8-6-4-3-5-7-8;2*1-2;/h3-6H,1-2H3;2*1H2,2H3;. The molecule has 76 valence electrons. The molecule has 1 aromatic carbocycles. The van der Waals surface area contributed by atoms with E-state index in [0.717, 1.165) is 0 Å². The monoisotopic (exact) mass is 247 g/mol. The van der Waals surface area contributed by atoms with Gasteiger partial charge in [-0.3, -0.25) is 0 Å². The van der Waals surface area contributed by atoms with Crippen molar-refractivity contribution in [1.29, 1.82) is 0 Å². The van der Waals surface area contributed by atoms with Crippen LogP contribution < -0.4 is 9.02 Å². The Morgan fingerprint density at radius 2 is 1.64 bits per heavy atom. The molecule has 0 unspecified atom stereocenters. The van der Waals surface area contributed by atoms with Gasteiger partial charge in [0.2, 0.25) is 0 Å². The van der Waals surface area contributed by atoms with Crippen LogP contribution in [0.5, 0.6) is 0 Å². The van der Waals surface area contributed by atoms with E-state index in [2.05, 4.69) is 57.1 Å². The van der Waals surface area contributed by atoms with Crippen LogP contribution in [0.15, 0.2) is 24.3 Å². The number of hydrogen-bond acceptors (Lipinski definition) is 1. The molecule has 0 aliphatic carbocycles. The van der Waals surface area contributed by atoms with Crippen LogP contribution in [-0.4, -0.2) is 30.3 Å². The zero-order valence-corrected chi connectivity index (χ0v) is 12.2. The summed E-state index contributed by atoms with van der Waals surface area (Å²) in [7, 11) is 4.28. The van der Waals surface area contributed by atoms with Gasteiger partial charge in [-0.1, -0.05) is 0 Å². The van der Waals surface area contributed by atoms with Gasteiger partial charge in [0.15, 0.2) is 0 Å². The van der Waals surface area contributed by atoms with Crippen LogP contribution in [0, 0.1) is 0 Å². The molecular formula is C12H20GaN. The minimum absolute atomic E-state index is 1.17. The van der Waals surface area contributed by atoms with Crippen molar-refractivity contribution in [2.24, 2.45) is 0 Å². The molecule has 0 heterocycles. The first-order valence-corrected chi connectivity index (χ1v) is 10.1. The first-order chi connectivity index (χ1) is 6.70. The van der Waals surface area contributed by atoms with Crippen LogP contribution in [0.3, 0.4) is 0 Å². The van der Waals surface area contributed by atoms with Gasteiger partial charge in [0.05, 0.1) is 0 Å². The van der Waals surface area contributed by atoms with E-state index < -0.39 is 16.2 Å². The Kier molecular flexibility index (Phi) is 4.62. The minimum atomic E-state index is -1.17. The second-order valence-corrected chi connectivity index (χ2v) is 11.6. The molecule has 0 bridgehead atoms. The summed E-state index contributed by atoms with van der Waals surface area (Å²) in [4.78, 5) is 5.07. The van der Waals surface area contributed by atoms with Crippen molar-refractivity contribution in [3.63, 3.8) is 0 Å². The average Bonchev–Trinajstić information content (AvgIpc) is 2.20. The fourth-order valence-electron chi connectivity index (χ4n) is 1.97. The quantitative estimate of drug-likeness (QED) is 0.740. The molecule has 0 radical (unpaired) electrons. The third-order valence-corrected chi connectivity index (χ3v) is 9.85. The van der Waals surface area contributed by atoms with Crippen molar-refractivity contribution in [1.82, 2.24) is 0 Å². The molecule has 0 saturated carbocycles. The van der Waals surface area contributed by atoms with E-state index in [1.165, 1.54) is 15.6 Å². The van der Waals surface area contributed by atoms with Gasteiger partial charge in [-0.15, -0.1) is 0 Å². The summed E-state index contributed by atoms with van der Waals surface area (Å²) in [5.74, 6) is 0. The van der Waals surface area contributed by atoms with Gasteiger partial charge in [0.25, 0.3) is 0 Å². The van der Waals surface area contributed by atoms with E-state index in [-0.39, 0.29) is 0 Å². The third-order valence-electron chi connectivity index (χ3n) is 2.84. The normalized spacial score (nSPS) is 10.0. The van der Waals surface area contributed by atoms with Gasteiger partial charge in [0.1, 0.15) is 0 Å². The third kappa shape index (κ3) is 2.58. The average molecular weight is 248 g/mol. The molecule has 0 aromatic heterocycles. The fourth-order valence-corrected chi connectivity index (χ4v) is 7.45. The molecule has 2 heteroatoms. The number of benzene rings is 1. The topological polar surface area (TPSA) is 3.24 Å². The Labute approximate surface area is 93.2 Å². The molecule has 1 rings (SSSR count). The molecule has 0 saturated heterocycles. The summed E-state index contributed by atoms with van der Waals surface area (Å²) >= 11 is -1.17. The Balaban J connectivity index is 3.05. The van der Waals surface area contributed by atoms with Crippen molar-refractivity contribution in [2.45, 2.75) is 23.8 Å². The predicted octanol–water partition coefficient (Wildman–Crippen LogP) is 2.49. The summed E-state index contributed by atoms with van der Waals surface area (Å²) in [6.45, 7) is 4.70. The molecule has 0 amide bonds. The van der Waals surface area contributed by atoms with Crippen molar-refractivity contribution in [3.8, 4) is 0 Å². The maximum absolute atomic E-state index is 2.35. The van der Waals surface area contributed by atoms with E-state index in [4.69, 9.17) is 0 Å². The van der Waals surface area contributed by atoms with Gasteiger partial charge >= 0.3 is 93.1 Å². The van der Waals surface area contributed by atoms with Crippen molar-refractivity contribution in [2.75, 3.05) is 19.0 Å². The number of rotatable bonds is 4. The van der Waals surface area contributed by atoms with Crippen molar-refractivity contribution >= 4 is 26.0 Å². The van der Waals surface area contributed by atoms with Crippen LogP contribution in [0.4, 0.5) is 5.69 Å². The van der Waals surface area contributed by atoms with Crippen molar-refractivity contribution in [3.05, 3.63) is 24.3 Å². The second kappa shape index (κ2) is 5.52. The maximum atomic E-state index is 2.35. The van der Waals surface area contributed by atoms with E-state index in [1.807, 2.05) is 0 Å². The Morgan fingerprint density at radius 3 is 2.14 bits per heavy atom. The van der Waals surface area contributed by atoms with Gasteiger partial charge < -0.3 is 0 Å². The number of anilines is 1. The van der Waals surface area contributed by atoms with Crippen LogP contribution in [0.25, 0.3) is 0 Å². The molecular weight excluding hydrogens is 228 g/mol. The molecule has 0 aliphatic rings. The summed E-state index contributed by atoms with van der Waals surface area (Å²) < 4.78 is 1.68. The zero-order valence-electron chi connectivity index (χ0n) is 9.75. The fraction of sp³-hybridized carbons (Fsp3) is 0.500.